The number of hydrogen-bond donors (Lipinski definition) is 1. The summed E-state index contributed by atoms with van der Waals surface area (Å²) in [4.78, 5) is 2.31. The smallest absolute Gasteiger partial charge is 0.0937 e. The topological polar surface area (TPSA) is 36.6 Å². The first-order valence-electron chi connectivity index (χ1n) is 13.3. The third-order valence-electron chi connectivity index (χ3n) is 10.9. The highest BCUT2D eigenvalue weighted by atomic mass is 32.2. The van der Waals surface area contributed by atoms with Crippen molar-refractivity contribution in [1.82, 2.24) is 4.90 Å². The first-order chi connectivity index (χ1) is 15.3. The van der Waals surface area contributed by atoms with Crippen molar-refractivity contribution in [3.8, 4) is 0 Å². The molecule has 0 aromatic carbocycles. The minimum atomic E-state index is -0.496. The van der Waals surface area contributed by atoms with Crippen molar-refractivity contribution in [2.24, 2.45) is 28.6 Å². The second kappa shape index (κ2) is 8.64. The second-order valence-electron chi connectivity index (χ2n) is 12.4. The zero-order valence-electron chi connectivity index (χ0n) is 20.8. The molecule has 0 radical (unpaired) electrons. The summed E-state index contributed by atoms with van der Waals surface area (Å²) in [5, 5.41) is 13.2. The summed E-state index contributed by atoms with van der Waals surface area (Å²) in [6.45, 7) is 6.24. The van der Waals surface area contributed by atoms with Crippen LogP contribution in [-0.4, -0.2) is 47.3 Å². The maximum Gasteiger partial charge on any atom is 0.0937 e. The van der Waals surface area contributed by atoms with Gasteiger partial charge in [0, 0.05) is 10.7 Å². The van der Waals surface area contributed by atoms with E-state index in [4.69, 9.17) is 4.42 Å². The Bertz CT molecular complexity index is 780. The van der Waals surface area contributed by atoms with E-state index in [-0.39, 0.29) is 5.41 Å². The third kappa shape index (κ3) is 3.62. The molecule has 5 rings (SSSR count). The molecule has 1 heterocycles. The molecule has 4 heteroatoms. The molecule has 32 heavy (non-hydrogen) atoms. The predicted octanol–water partition coefficient (Wildman–Crippen LogP) is 6.57. The standard InChI is InChI=1S/C28H45NO2S/c1-26-12-8-22(32-17-5-15-29(3)4)18-21(26)6-7-25-24(26)9-13-27(2)23(10-14-28(25,27)30)20-11-16-31-19-20/h11,16,19,21-25,30H,5-10,12-15,17-18H2,1-4H3/t21-,22+,23-,24+,25-,26+,27-,28+/m1/s1. The van der Waals surface area contributed by atoms with Gasteiger partial charge in [-0.2, -0.15) is 11.8 Å². The minimum absolute atomic E-state index is 0.000723. The molecule has 1 aromatic rings. The van der Waals surface area contributed by atoms with E-state index in [1.54, 1.807) is 0 Å². The van der Waals surface area contributed by atoms with Crippen molar-refractivity contribution in [2.75, 3.05) is 26.4 Å². The lowest BCUT2D eigenvalue weighted by Gasteiger charge is -2.63. The quantitative estimate of drug-likeness (QED) is 0.488. The SMILES string of the molecule is CN(C)CCCS[C@H]1CC[C@@]2(C)[C@H](CC[C@@H]3[C@@H]2CC[C@]2(C)[C@@H](c4ccoc4)CC[C@]32O)C1. The third-order valence-corrected chi connectivity index (χ3v) is 12.3. The Hall–Kier alpha value is -0.450. The molecular formula is C28H45NO2S. The molecule has 0 spiro atoms. The van der Waals surface area contributed by atoms with Gasteiger partial charge in [-0.15, -0.1) is 0 Å². The van der Waals surface area contributed by atoms with Crippen LogP contribution in [0.3, 0.4) is 0 Å². The van der Waals surface area contributed by atoms with Gasteiger partial charge in [0.15, 0.2) is 0 Å². The normalized spacial score (nSPS) is 46.0. The molecule has 0 saturated heterocycles. The van der Waals surface area contributed by atoms with Crippen LogP contribution in [0.1, 0.15) is 89.5 Å². The van der Waals surface area contributed by atoms with E-state index in [2.05, 4.69) is 50.7 Å². The average molecular weight is 460 g/mol. The Morgan fingerprint density at radius 3 is 2.66 bits per heavy atom. The molecule has 1 aromatic heterocycles. The summed E-state index contributed by atoms with van der Waals surface area (Å²) in [6, 6.07) is 2.14. The number of furan rings is 1. The van der Waals surface area contributed by atoms with Gasteiger partial charge in [0.25, 0.3) is 0 Å². The molecule has 0 bridgehead atoms. The first-order valence-corrected chi connectivity index (χ1v) is 14.3. The summed E-state index contributed by atoms with van der Waals surface area (Å²) in [5.74, 6) is 3.83. The summed E-state index contributed by atoms with van der Waals surface area (Å²) < 4.78 is 5.45. The summed E-state index contributed by atoms with van der Waals surface area (Å²) in [6.07, 6.45) is 16.4. The number of thioether (sulfide) groups is 1. The molecule has 1 N–H and O–H groups in total. The van der Waals surface area contributed by atoms with Crippen molar-refractivity contribution in [2.45, 2.75) is 94.8 Å². The van der Waals surface area contributed by atoms with E-state index in [0.29, 0.717) is 23.2 Å². The molecule has 3 nitrogen and oxygen atoms in total. The second-order valence-corrected chi connectivity index (χ2v) is 13.9. The fourth-order valence-corrected chi connectivity index (χ4v) is 10.3. The van der Waals surface area contributed by atoms with Crippen molar-refractivity contribution >= 4 is 11.8 Å². The summed E-state index contributed by atoms with van der Waals surface area (Å²) in [5.41, 5.74) is 1.26. The van der Waals surface area contributed by atoms with Gasteiger partial charge >= 0.3 is 0 Å². The maximum absolute atomic E-state index is 12.3. The molecule has 4 saturated carbocycles. The summed E-state index contributed by atoms with van der Waals surface area (Å²) in [7, 11) is 4.36. The van der Waals surface area contributed by atoms with Crippen LogP contribution in [0, 0.1) is 28.6 Å². The summed E-state index contributed by atoms with van der Waals surface area (Å²) >= 11 is 2.25. The van der Waals surface area contributed by atoms with E-state index in [1.807, 2.05) is 12.5 Å². The molecule has 0 unspecified atom stereocenters. The van der Waals surface area contributed by atoms with Crippen LogP contribution >= 0.6 is 11.8 Å². The Morgan fingerprint density at radius 2 is 1.91 bits per heavy atom. The molecule has 180 valence electrons. The molecule has 0 aliphatic heterocycles. The van der Waals surface area contributed by atoms with Gasteiger partial charge in [0.2, 0.25) is 0 Å². The predicted molar refractivity (Wildman–Crippen MR) is 134 cm³/mol. The molecule has 4 aliphatic carbocycles. The molecule has 0 amide bonds. The number of aliphatic hydroxyl groups is 1. The molecule has 4 aliphatic rings. The van der Waals surface area contributed by atoms with Crippen molar-refractivity contribution < 1.29 is 9.52 Å². The van der Waals surface area contributed by atoms with E-state index >= 15 is 0 Å². The lowest BCUT2D eigenvalue weighted by Crippen LogP contribution is -2.61. The lowest BCUT2D eigenvalue weighted by atomic mass is 9.43. The van der Waals surface area contributed by atoms with Gasteiger partial charge in [-0.3, -0.25) is 0 Å². The van der Waals surface area contributed by atoms with Crippen LogP contribution in [0.5, 0.6) is 0 Å². The lowest BCUT2D eigenvalue weighted by molar-refractivity contribution is -0.200. The van der Waals surface area contributed by atoms with Crippen LogP contribution in [0.4, 0.5) is 0 Å². The van der Waals surface area contributed by atoms with E-state index < -0.39 is 5.60 Å². The van der Waals surface area contributed by atoms with Crippen LogP contribution in [0.25, 0.3) is 0 Å². The van der Waals surface area contributed by atoms with Crippen molar-refractivity contribution in [3.05, 3.63) is 24.2 Å². The van der Waals surface area contributed by atoms with Gasteiger partial charge in [-0.25, -0.2) is 0 Å². The van der Waals surface area contributed by atoms with Crippen LogP contribution in [-0.2, 0) is 0 Å². The number of nitrogens with zero attached hydrogens (tertiary/aromatic N) is 1. The zero-order chi connectivity index (χ0) is 22.6. The highest BCUT2D eigenvalue weighted by Crippen LogP contribution is 2.70. The zero-order valence-corrected chi connectivity index (χ0v) is 21.6. The fraction of sp³-hybridized carbons (Fsp3) is 0.857. The van der Waals surface area contributed by atoms with Gasteiger partial charge in [-0.1, -0.05) is 13.8 Å². The Labute approximate surface area is 200 Å². The minimum Gasteiger partial charge on any atom is -0.472 e. The van der Waals surface area contributed by atoms with Crippen LogP contribution in [0.15, 0.2) is 23.0 Å². The van der Waals surface area contributed by atoms with Crippen molar-refractivity contribution in [1.29, 1.82) is 0 Å². The van der Waals surface area contributed by atoms with E-state index in [9.17, 15) is 5.11 Å². The largest absolute Gasteiger partial charge is 0.472 e. The van der Waals surface area contributed by atoms with Gasteiger partial charge in [0.05, 0.1) is 18.1 Å². The first kappa shape index (κ1) is 23.3. The molecule has 8 atom stereocenters. The van der Waals surface area contributed by atoms with Crippen molar-refractivity contribution in [3.63, 3.8) is 0 Å². The molecular weight excluding hydrogens is 414 g/mol. The maximum atomic E-state index is 12.3. The van der Waals surface area contributed by atoms with Gasteiger partial charge < -0.3 is 14.4 Å². The van der Waals surface area contributed by atoms with Crippen LogP contribution in [0.2, 0.25) is 0 Å². The Balaban J connectivity index is 1.28. The highest BCUT2D eigenvalue weighted by Gasteiger charge is 2.67. The molecule has 4 fully saturated rings. The fourth-order valence-electron chi connectivity index (χ4n) is 8.98. The monoisotopic (exact) mass is 459 g/mol. The van der Waals surface area contributed by atoms with E-state index in [1.165, 1.54) is 69.2 Å². The van der Waals surface area contributed by atoms with Gasteiger partial charge in [0.1, 0.15) is 0 Å². The van der Waals surface area contributed by atoms with Gasteiger partial charge in [-0.05, 0) is 131 Å². The highest BCUT2D eigenvalue weighted by molar-refractivity contribution is 7.99. The number of rotatable bonds is 6. The number of fused-ring (bicyclic) bond motifs is 5. The Kier molecular flexibility index (Phi) is 6.29. The Morgan fingerprint density at radius 1 is 1.06 bits per heavy atom. The van der Waals surface area contributed by atoms with E-state index in [0.717, 1.165) is 24.0 Å². The number of hydrogen-bond acceptors (Lipinski definition) is 4. The van der Waals surface area contributed by atoms with Crippen LogP contribution < -0.4 is 0 Å². The average Bonchev–Trinajstić information content (AvgIpc) is 3.37.